The predicted molar refractivity (Wildman–Crippen MR) is 81.7 cm³/mol. The molecule has 1 aromatic carbocycles. The summed E-state index contributed by atoms with van der Waals surface area (Å²) in [6, 6.07) is 10.5. The van der Waals surface area contributed by atoms with E-state index in [1.165, 1.54) is 18.3 Å². The third-order valence-electron chi connectivity index (χ3n) is 4.14. The molecule has 1 saturated heterocycles. The van der Waals surface area contributed by atoms with Crippen molar-refractivity contribution >= 4 is 5.82 Å². The molecule has 0 saturated carbocycles. The molecule has 2 heterocycles. The highest BCUT2D eigenvalue weighted by atomic mass is 19.1. The summed E-state index contributed by atoms with van der Waals surface area (Å²) in [5.41, 5.74) is 1.73. The van der Waals surface area contributed by atoms with Crippen molar-refractivity contribution in [1.82, 2.24) is 9.97 Å². The molecule has 3 nitrogen and oxygen atoms in total. The molecule has 1 fully saturated rings. The quantitative estimate of drug-likeness (QED) is 0.856. The van der Waals surface area contributed by atoms with Gasteiger partial charge in [-0.3, -0.25) is 0 Å². The molecular weight excluding hydrogens is 265 g/mol. The maximum Gasteiger partial charge on any atom is 0.187 e. The number of anilines is 1. The van der Waals surface area contributed by atoms with Gasteiger partial charge in [0.1, 0.15) is 6.33 Å². The number of aryl methyl sites for hydroxylation is 1. The van der Waals surface area contributed by atoms with Crippen LogP contribution in [-0.2, 0) is 6.42 Å². The van der Waals surface area contributed by atoms with Crippen LogP contribution in [0.1, 0.15) is 43.5 Å². The summed E-state index contributed by atoms with van der Waals surface area (Å²) < 4.78 is 14.6. The van der Waals surface area contributed by atoms with Crippen LogP contribution in [0.2, 0.25) is 0 Å². The Morgan fingerprint density at radius 2 is 2.00 bits per heavy atom. The third kappa shape index (κ3) is 2.75. The van der Waals surface area contributed by atoms with Crippen LogP contribution in [0.25, 0.3) is 0 Å². The molecule has 21 heavy (non-hydrogen) atoms. The molecule has 0 bridgehead atoms. The van der Waals surface area contributed by atoms with Crippen LogP contribution in [0, 0.1) is 5.82 Å². The number of piperidine rings is 1. The van der Waals surface area contributed by atoms with E-state index in [-0.39, 0.29) is 11.9 Å². The molecule has 0 amide bonds. The number of nitrogens with zero attached hydrogens (tertiary/aromatic N) is 3. The van der Waals surface area contributed by atoms with E-state index < -0.39 is 0 Å². The number of hydrogen-bond donors (Lipinski definition) is 0. The van der Waals surface area contributed by atoms with Gasteiger partial charge in [-0.15, -0.1) is 0 Å². The first-order chi connectivity index (χ1) is 10.3. The topological polar surface area (TPSA) is 29.0 Å². The molecule has 0 unspecified atom stereocenters. The van der Waals surface area contributed by atoms with E-state index >= 15 is 0 Å². The van der Waals surface area contributed by atoms with Crippen molar-refractivity contribution in [3.05, 3.63) is 53.7 Å². The van der Waals surface area contributed by atoms with Gasteiger partial charge in [0.15, 0.2) is 11.6 Å². The van der Waals surface area contributed by atoms with E-state index in [1.54, 1.807) is 0 Å². The highest BCUT2D eigenvalue weighted by Crippen LogP contribution is 2.35. The molecule has 0 spiro atoms. The van der Waals surface area contributed by atoms with Crippen molar-refractivity contribution < 1.29 is 4.39 Å². The van der Waals surface area contributed by atoms with Crippen LogP contribution in [0.3, 0.4) is 0 Å². The zero-order valence-electron chi connectivity index (χ0n) is 12.3. The molecular formula is C17H20FN3. The second-order valence-corrected chi connectivity index (χ2v) is 5.43. The van der Waals surface area contributed by atoms with Crippen LogP contribution >= 0.6 is 0 Å². The highest BCUT2D eigenvalue weighted by molar-refractivity contribution is 5.45. The van der Waals surface area contributed by atoms with Crippen molar-refractivity contribution in [3.8, 4) is 0 Å². The molecule has 0 radical (unpaired) electrons. The summed E-state index contributed by atoms with van der Waals surface area (Å²) in [6.07, 6.45) is 5.35. The Labute approximate surface area is 124 Å². The fourth-order valence-corrected chi connectivity index (χ4v) is 3.05. The van der Waals surface area contributed by atoms with E-state index in [4.69, 9.17) is 0 Å². The van der Waals surface area contributed by atoms with Gasteiger partial charge in [0.25, 0.3) is 0 Å². The normalized spacial score (nSPS) is 18.8. The van der Waals surface area contributed by atoms with Crippen LogP contribution in [0.5, 0.6) is 0 Å². The van der Waals surface area contributed by atoms with Gasteiger partial charge in [0.2, 0.25) is 0 Å². The molecule has 2 aromatic rings. The van der Waals surface area contributed by atoms with Crippen LogP contribution in [-0.4, -0.2) is 16.5 Å². The Balaban J connectivity index is 1.99. The Bertz CT molecular complexity index is 600. The fraction of sp³-hybridized carbons (Fsp3) is 0.412. The van der Waals surface area contributed by atoms with Gasteiger partial charge >= 0.3 is 0 Å². The van der Waals surface area contributed by atoms with Crippen molar-refractivity contribution in [2.75, 3.05) is 11.4 Å². The standard InChI is InChI=1S/C17H20FN3/c1-2-14-16(18)17(20-12-19-14)21-11-7-6-10-15(21)13-8-4-3-5-9-13/h3-5,8-9,12,15H,2,6-7,10-11H2,1H3/t15-/m0/s1. The lowest BCUT2D eigenvalue weighted by Gasteiger charge is -2.37. The Morgan fingerprint density at radius 3 is 2.76 bits per heavy atom. The minimum Gasteiger partial charge on any atom is -0.347 e. The van der Waals surface area contributed by atoms with Crippen LogP contribution in [0.15, 0.2) is 36.7 Å². The molecule has 1 atom stereocenters. The molecule has 1 aromatic heterocycles. The lowest BCUT2D eigenvalue weighted by atomic mass is 9.95. The Morgan fingerprint density at radius 1 is 1.19 bits per heavy atom. The van der Waals surface area contributed by atoms with E-state index in [9.17, 15) is 4.39 Å². The van der Waals surface area contributed by atoms with Crippen molar-refractivity contribution in [2.45, 2.75) is 38.6 Å². The highest BCUT2D eigenvalue weighted by Gasteiger charge is 2.27. The molecule has 0 aliphatic carbocycles. The second kappa shape index (κ2) is 6.20. The lowest BCUT2D eigenvalue weighted by Crippen LogP contribution is -2.35. The third-order valence-corrected chi connectivity index (χ3v) is 4.14. The van der Waals surface area contributed by atoms with Gasteiger partial charge in [0.05, 0.1) is 11.7 Å². The van der Waals surface area contributed by atoms with Crippen molar-refractivity contribution in [2.24, 2.45) is 0 Å². The van der Waals surface area contributed by atoms with E-state index in [1.807, 2.05) is 25.1 Å². The summed E-state index contributed by atoms with van der Waals surface area (Å²) in [4.78, 5) is 10.4. The molecule has 110 valence electrons. The molecule has 4 heteroatoms. The maximum absolute atomic E-state index is 14.6. The minimum atomic E-state index is -0.261. The molecule has 0 N–H and O–H groups in total. The lowest BCUT2D eigenvalue weighted by molar-refractivity contribution is 0.457. The SMILES string of the molecule is CCc1ncnc(N2CCCC[C@H]2c2ccccc2)c1F. The number of benzene rings is 1. The largest absolute Gasteiger partial charge is 0.347 e. The molecule has 3 rings (SSSR count). The van der Waals surface area contributed by atoms with Crippen molar-refractivity contribution in [1.29, 1.82) is 0 Å². The summed E-state index contributed by atoms with van der Waals surface area (Å²) in [5.74, 6) is 0.193. The summed E-state index contributed by atoms with van der Waals surface area (Å²) in [5, 5.41) is 0. The van der Waals surface area contributed by atoms with Gasteiger partial charge in [0, 0.05) is 6.54 Å². The van der Waals surface area contributed by atoms with Crippen LogP contribution in [0.4, 0.5) is 10.2 Å². The smallest absolute Gasteiger partial charge is 0.187 e. The Hall–Kier alpha value is -1.97. The zero-order valence-corrected chi connectivity index (χ0v) is 12.3. The summed E-state index contributed by atoms with van der Waals surface area (Å²) >= 11 is 0. The number of hydrogen-bond acceptors (Lipinski definition) is 3. The average molecular weight is 285 g/mol. The minimum absolute atomic E-state index is 0.203. The fourth-order valence-electron chi connectivity index (χ4n) is 3.05. The first kappa shape index (κ1) is 14.0. The van der Waals surface area contributed by atoms with E-state index in [0.29, 0.717) is 17.9 Å². The number of rotatable bonds is 3. The number of halogens is 1. The number of aromatic nitrogens is 2. The van der Waals surface area contributed by atoms with Crippen molar-refractivity contribution in [3.63, 3.8) is 0 Å². The van der Waals surface area contributed by atoms with E-state index in [2.05, 4.69) is 27.0 Å². The zero-order chi connectivity index (χ0) is 14.7. The molecule has 1 aliphatic rings. The average Bonchev–Trinajstić information content (AvgIpc) is 2.56. The second-order valence-electron chi connectivity index (χ2n) is 5.43. The predicted octanol–water partition coefficient (Wildman–Crippen LogP) is 3.91. The van der Waals surface area contributed by atoms with Gasteiger partial charge in [-0.1, -0.05) is 37.3 Å². The van der Waals surface area contributed by atoms with Gasteiger partial charge < -0.3 is 4.90 Å². The first-order valence-electron chi connectivity index (χ1n) is 7.62. The van der Waals surface area contributed by atoms with Crippen LogP contribution < -0.4 is 4.90 Å². The monoisotopic (exact) mass is 285 g/mol. The summed E-state index contributed by atoms with van der Waals surface area (Å²) in [6.45, 7) is 2.76. The first-order valence-corrected chi connectivity index (χ1v) is 7.62. The van der Waals surface area contributed by atoms with Gasteiger partial charge in [-0.2, -0.15) is 0 Å². The van der Waals surface area contributed by atoms with E-state index in [0.717, 1.165) is 19.4 Å². The molecule has 1 aliphatic heterocycles. The maximum atomic E-state index is 14.6. The van der Waals surface area contributed by atoms with Gasteiger partial charge in [-0.25, -0.2) is 14.4 Å². The Kier molecular flexibility index (Phi) is 4.13. The van der Waals surface area contributed by atoms with Gasteiger partial charge in [-0.05, 0) is 31.2 Å². The summed E-state index contributed by atoms with van der Waals surface area (Å²) in [7, 11) is 0.